The lowest BCUT2D eigenvalue weighted by Crippen LogP contribution is -2.75. The van der Waals surface area contributed by atoms with Crippen LogP contribution < -0.4 is 5.32 Å². The van der Waals surface area contributed by atoms with Crippen molar-refractivity contribution in [1.29, 1.82) is 0 Å². The quantitative estimate of drug-likeness (QED) is 0.599. The molecule has 4 heterocycles. The Morgan fingerprint density at radius 1 is 1.19 bits per heavy atom. The first-order valence-corrected chi connectivity index (χ1v) is 11.7. The number of amides is 3. The molecule has 7 nitrogen and oxygen atoms in total. The zero-order valence-electron chi connectivity index (χ0n) is 19.4. The van der Waals surface area contributed by atoms with Gasteiger partial charge in [-0.25, -0.2) is 23.5 Å². The third-order valence-electron chi connectivity index (χ3n) is 7.29. The smallest absolute Gasteiger partial charge is 0.340 e. The lowest BCUT2D eigenvalue weighted by Gasteiger charge is -2.64. The number of urea groups is 1. The summed E-state index contributed by atoms with van der Waals surface area (Å²) in [6.07, 6.45) is -0.187. The molecule has 2 aromatic rings. The molecule has 2 bridgehead atoms. The highest BCUT2D eigenvalue weighted by Crippen LogP contribution is 2.51. The number of anilines is 1. The van der Waals surface area contributed by atoms with Crippen LogP contribution in [0, 0.1) is 17.6 Å². The molecule has 0 spiro atoms. The standard InChI is InChI=1S/C24H24F5N5O2/c1-13-5-15-9-23(8-13,12-33-4-2-3-20(33)35)34(15)22(36)32-19-6-16(21-30-10-14(25)11-31-21)17(7-18(19)26)24(27,28)29/h6-7,10-11,13,15H,2-5,8-9,12H2,1H3,(H,32,36)/t13-,15-,23+/m0/s1. The number of halogens is 5. The Bertz CT molecular complexity index is 1200. The van der Waals surface area contributed by atoms with Gasteiger partial charge in [-0.3, -0.25) is 4.79 Å². The van der Waals surface area contributed by atoms with Gasteiger partial charge in [-0.15, -0.1) is 0 Å². The van der Waals surface area contributed by atoms with E-state index in [0.29, 0.717) is 50.7 Å². The van der Waals surface area contributed by atoms with Gasteiger partial charge in [0.1, 0.15) is 5.82 Å². The van der Waals surface area contributed by atoms with Gasteiger partial charge in [0.2, 0.25) is 5.91 Å². The Kier molecular flexibility index (Phi) is 5.87. The number of fused-ring (bicyclic) bond motifs is 2. The number of benzene rings is 1. The second kappa shape index (κ2) is 8.67. The van der Waals surface area contributed by atoms with Crippen molar-refractivity contribution in [1.82, 2.24) is 19.8 Å². The summed E-state index contributed by atoms with van der Waals surface area (Å²) in [5.41, 5.74) is -3.00. The van der Waals surface area contributed by atoms with Crippen molar-refractivity contribution in [3.8, 4) is 11.4 Å². The van der Waals surface area contributed by atoms with E-state index in [1.165, 1.54) is 0 Å². The summed E-state index contributed by atoms with van der Waals surface area (Å²) in [7, 11) is 0. The monoisotopic (exact) mass is 509 g/mol. The minimum absolute atomic E-state index is 0.0316. The van der Waals surface area contributed by atoms with Crippen LogP contribution in [0.3, 0.4) is 0 Å². The van der Waals surface area contributed by atoms with Crippen LogP contribution in [0.2, 0.25) is 0 Å². The van der Waals surface area contributed by atoms with Crippen molar-refractivity contribution in [2.45, 2.75) is 56.8 Å². The number of rotatable bonds is 4. The Hall–Kier alpha value is -3.31. The van der Waals surface area contributed by atoms with Crippen LogP contribution in [0.1, 0.15) is 44.6 Å². The summed E-state index contributed by atoms with van der Waals surface area (Å²) in [6, 6.07) is 0.339. The van der Waals surface area contributed by atoms with Gasteiger partial charge in [-0.05, 0) is 43.7 Å². The normalized spacial score (nSPS) is 25.7. The summed E-state index contributed by atoms with van der Waals surface area (Å²) in [5.74, 6) is -2.22. The molecule has 4 aliphatic rings. The molecule has 1 aliphatic carbocycles. The molecule has 0 unspecified atom stereocenters. The summed E-state index contributed by atoms with van der Waals surface area (Å²) in [6.45, 7) is 3.07. The number of aromatic nitrogens is 2. The Morgan fingerprint density at radius 2 is 1.92 bits per heavy atom. The van der Waals surface area contributed by atoms with Crippen LogP contribution in [0.5, 0.6) is 0 Å². The highest BCUT2D eigenvalue weighted by Gasteiger charge is 2.59. The molecule has 1 aromatic heterocycles. The first-order chi connectivity index (χ1) is 17.0. The predicted molar refractivity (Wildman–Crippen MR) is 119 cm³/mol. The van der Waals surface area contributed by atoms with Crippen molar-refractivity contribution in [3.63, 3.8) is 0 Å². The summed E-state index contributed by atoms with van der Waals surface area (Å²) >= 11 is 0. The van der Waals surface area contributed by atoms with E-state index in [1.807, 2.05) is 0 Å². The van der Waals surface area contributed by atoms with E-state index >= 15 is 0 Å². The van der Waals surface area contributed by atoms with Crippen molar-refractivity contribution in [2.24, 2.45) is 5.92 Å². The minimum atomic E-state index is -4.94. The predicted octanol–water partition coefficient (Wildman–Crippen LogP) is 4.84. The molecule has 12 heteroatoms. The Balaban J connectivity index is 1.45. The zero-order valence-corrected chi connectivity index (χ0v) is 19.4. The molecule has 1 saturated carbocycles. The number of likely N-dealkylation sites (tertiary alicyclic amines) is 1. The van der Waals surface area contributed by atoms with Crippen LogP contribution in [-0.2, 0) is 11.0 Å². The Morgan fingerprint density at radius 3 is 2.56 bits per heavy atom. The molecular weight excluding hydrogens is 485 g/mol. The van der Waals surface area contributed by atoms with E-state index in [1.54, 1.807) is 9.80 Å². The molecular formula is C24H24F5N5O2. The number of nitrogens with zero attached hydrogens (tertiary/aromatic N) is 4. The molecule has 36 heavy (non-hydrogen) atoms. The lowest BCUT2D eigenvalue weighted by atomic mass is 9.64. The van der Waals surface area contributed by atoms with Gasteiger partial charge < -0.3 is 15.1 Å². The fourth-order valence-corrected chi connectivity index (χ4v) is 6.00. The molecule has 1 N–H and O–H groups in total. The van der Waals surface area contributed by atoms with Crippen molar-refractivity contribution in [2.75, 3.05) is 18.4 Å². The summed E-state index contributed by atoms with van der Waals surface area (Å²) in [4.78, 5) is 36.1. The average molecular weight is 509 g/mol. The van der Waals surface area contributed by atoms with Crippen LogP contribution in [-0.4, -0.2) is 56.4 Å². The first kappa shape index (κ1) is 24.4. The third-order valence-corrected chi connectivity index (χ3v) is 7.29. The topological polar surface area (TPSA) is 78.4 Å². The van der Waals surface area contributed by atoms with E-state index in [-0.39, 0.29) is 18.0 Å². The molecule has 3 saturated heterocycles. The number of hydrogen-bond donors (Lipinski definition) is 1. The molecule has 3 atom stereocenters. The molecule has 6 rings (SSSR count). The van der Waals surface area contributed by atoms with Gasteiger partial charge in [-0.2, -0.15) is 13.2 Å². The maximum atomic E-state index is 14.8. The number of carbonyl (C=O) groups excluding carboxylic acids is 2. The van der Waals surface area contributed by atoms with Gasteiger partial charge >= 0.3 is 12.2 Å². The number of alkyl halides is 3. The van der Waals surface area contributed by atoms with E-state index < -0.39 is 52.0 Å². The van der Waals surface area contributed by atoms with Crippen molar-refractivity contribution >= 4 is 17.6 Å². The Labute approximate surface area is 203 Å². The van der Waals surface area contributed by atoms with Gasteiger partial charge in [0.05, 0.1) is 29.2 Å². The highest BCUT2D eigenvalue weighted by molar-refractivity contribution is 5.92. The van der Waals surface area contributed by atoms with E-state index in [0.717, 1.165) is 18.9 Å². The molecule has 0 radical (unpaired) electrons. The van der Waals surface area contributed by atoms with Crippen LogP contribution in [0.25, 0.3) is 11.4 Å². The molecule has 3 amide bonds. The number of carbonyl (C=O) groups is 2. The summed E-state index contributed by atoms with van der Waals surface area (Å²) < 4.78 is 68.9. The maximum absolute atomic E-state index is 14.8. The van der Waals surface area contributed by atoms with Crippen molar-refractivity contribution in [3.05, 3.63) is 41.7 Å². The van der Waals surface area contributed by atoms with E-state index in [4.69, 9.17) is 0 Å². The van der Waals surface area contributed by atoms with Crippen LogP contribution >= 0.6 is 0 Å². The molecule has 4 fully saturated rings. The average Bonchev–Trinajstić information content (AvgIpc) is 3.18. The van der Waals surface area contributed by atoms with Crippen LogP contribution in [0.15, 0.2) is 24.5 Å². The maximum Gasteiger partial charge on any atom is 0.417 e. The van der Waals surface area contributed by atoms with Gasteiger partial charge in [-0.1, -0.05) is 6.92 Å². The fourth-order valence-electron chi connectivity index (χ4n) is 6.00. The fraction of sp³-hybridized carbons (Fsp3) is 0.500. The first-order valence-electron chi connectivity index (χ1n) is 11.7. The van der Waals surface area contributed by atoms with Crippen molar-refractivity contribution < 1.29 is 31.5 Å². The lowest BCUT2D eigenvalue weighted by molar-refractivity contribution is -0.138. The highest BCUT2D eigenvalue weighted by atomic mass is 19.4. The molecule has 3 aliphatic heterocycles. The van der Waals surface area contributed by atoms with E-state index in [2.05, 4.69) is 22.2 Å². The van der Waals surface area contributed by atoms with Gasteiger partial charge in [0, 0.05) is 31.1 Å². The van der Waals surface area contributed by atoms with E-state index in [9.17, 15) is 31.5 Å². The zero-order chi connectivity index (χ0) is 25.8. The third kappa shape index (κ3) is 4.26. The number of nitrogens with one attached hydrogen (secondary N) is 1. The SMILES string of the molecule is C[C@H]1C[C@H]2C[C@@](CN3CCCC3=O)(C1)N2C(=O)Nc1cc(-c2ncc(F)cn2)c(C(F)(F)F)cc1F. The second-order valence-corrected chi connectivity index (χ2v) is 9.95. The number of hydrogen-bond acceptors (Lipinski definition) is 4. The second-order valence-electron chi connectivity index (χ2n) is 9.95. The molecule has 1 aromatic carbocycles. The van der Waals surface area contributed by atoms with Crippen LogP contribution in [0.4, 0.5) is 32.4 Å². The number of piperidine rings is 1. The van der Waals surface area contributed by atoms with Gasteiger partial charge in [0.15, 0.2) is 11.6 Å². The minimum Gasteiger partial charge on any atom is -0.340 e. The van der Waals surface area contributed by atoms with Gasteiger partial charge in [0.25, 0.3) is 0 Å². The largest absolute Gasteiger partial charge is 0.417 e. The molecule has 192 valence electrons. The summed E-state index contributed by atoms with van der Waals surface area (Å²) in [5, 5.41) is 2.43.